The number of rotatable bonds is 6. The lowest BCUT2D eigenvalue weighted by atomic mass is 10.1. The summed E-state index contributed by atoms with van der Waals surface area (Å²) in [5.74, 6) is -0.465. The van der Waals surface area contributed by atoms with Crippen LogP contribution < -0.4 is 10.9 Å². The van der Waals surface area contributed by atoms with E-state index in [0.29, 0.717) is 23.4 Å². The van der Waals surface area contributed by atoms with E-state index >= 15 is 0 Å². The highest BCUT2D eigenvalue weighted by atomic mass is 16.2. The molecule has 2 heterocycles. The fourth-order valence-electron chi connectivity index (χ4n) is 4.07. The Kier molecular flexibility index (Phi) is 5.89. The van der Waals surface area contributed by atoms with Gasteiger partial charge < -0.3 is 5.32 Å². The van der Waals surface area contributed by atoms with E-state index in [-0.39, 0.29) is 17.8 Å². The van der Waals surface area contributed by atoms with E-state index in [2.05, 4.69) is 10.4 Å². The number of nitrogens with one attached hydrogen (secondary N) is 2. The van der Waals surface area contributed by atoms with Crippen molar-refractivity contribution in [3.05, 3.63) is 129 Å². The van der Waals surface area contributed by atoms with Gasteiger partial charge in [0.25, 0.3) is 11.5 Å². The minimum Gasteiger partial charge on any atom is -0.303 e. The molecule has 0 spiro atoms. The number of benzene rings is 3. The summed E-state index contributed by atoms with van der Waals surface area (Å²) in [5, 5.41) is 5.83. The molecule has 1 aliphatic heterocycles. The smallest absolute Gasteiger partial charge is 0.303 e. The molecular formula is C28H24N4O3. The molecule has 3 amide bonds. The van der Waals surface area contributed by atoms with E-state index in [0.717, 1.165) is 21.6 Å². The van der Waals surface area contributed by atoms with Crippen molar-refractivity contribution >= 4 is 18.0 Å². The lowest BCUT2D eigenvalue weighted by Crippen LogP contribution is -2.30. The minimum atomic E-state index is -0.509. The van der Waals surface area contributed by atoms with E-state index < -0.39 is 11.9 Å². The molecule has 0 saturated carbocycles. The van der Waals surface area contributed by atoms with Gasteiger partial charge in [-0.1, -0.05) is 78.4 Å². The average Bonchev–Trinajstić information content (AvgIpc) is 3.32. The standard InChI is InChI=1S/C28H24N4O3/c1-19-12-14-21(15-13-19)18-31-27(34)25(29-28(31)35)17-23-24(16-20-8-4-2-5-9-20)30-32(26(23)33)22-10-6-3-7-11-22/h2-15,17,30H,16,18H2,1H3,(H,29,35)/b25-17-. The number of nitrogens with zero attached hydrogens (tertiary/aromatic N) is 2. The van der Waals surface area contributed by atoms with Gasteiger partial charge in [-0.05, 0) is 36.3 Å². The number of aromatic nitrogens is 2. The van der Waals surface area contributed by atoms with Crippen LogP contribution in [-0.2, 0) is 17.8 Å². The highest BCUT2D eigenvalue weighted by Gasteiger charge is 2.34. The Balaban J connectivity index is 1.51. The fraction of sp³-hybridized carbons (Fsp3) is 0.107. The van der Waals surface area contributed by atoms with Gasteiger partial charge in [0.05, 0.1) is 17.8 Å². The van der Waals surface area contributed by atoms with Crippen LogP contribution in [0.5, 0.6) is 0 Å². The maximum Gasteiger partial charge on any atom is 0.329 e. The summed E-state index contributed by atoms with van der Waals surface area (Å²) in [6.07, 6.45) is 1.94. The third-order valence-electron chi connectivity index (χ3n) is 5.96. The number of amides is 3. The number of carbonyl (C=O) groups excluding carboxylic acids is 2. The largest absolute Gasteiger partial charge is 0.329 e. The van der Waals surface area contributed by atoms with Crippen LogP contribution >= 0.6 is 0 Å². The predicted octanol–water partition coefficient (Wildman–Crippen LogP) is 4.16. The van der Waals surface area contributed by atoms with Crippen LogP contribution in [0.3, 0.4) is 0 Å². The second kappa shape index (κ2) is 9.30. The highest BCUT2D eigenvalue weighted by Crippen LogP contribution is 2.19. The number of hydrogen-bond donors (Lipinski definition) is 2. The van der Waals surface area contributed by atoms with Crippen molar-refractivity contribution < 1.29 is 9.59 Å². The lowest BCUT2D eigenvalue weighted by molar-refractivity contribution is -0.123. The molecule has 1 aromatic heterocycles. The Morgan fingerprint density at radius 1 is 0.800 bits per heavy atom. The summed E-state index contributed by atoms with van der Waals surface area (Å²) in [7, 11) is 0. The monoisotopic (exact) mass is 464 g/mol. The Labute approximate surface area is 202 Å². The Hall–Kier alpha value is -4.65. The van der Waals surface area contributed by atoms with E-state index in [4.69, 9.17) is 0 Å². The molecule has 3 aromatic carbocycles. The van der Waals surface area contributed by atoms with E-state index in [1.807, 2.05) is 91.9 Å². The van der Waals surface area contributed by atoms with Crippen LogP contribution in [0.2, 0.25) is 0 Å². The molecule has 1 fully saturated rings. The first-order chi connectivity index (χ1) is 17.0. The molecule has 0 radical (unpaired) electrons. The molecule has 7 nitrogen and oxygen atoms in total. The first-order valence-corrected chi connectivity index (χ1v) is 11.3. The van der Waals surface area contributed by atoms with Gasteiger partial charge in [-0.2, -0.15) is 0 Å². The molecular weight excluding hydrogens is 440 g/mol. The van der Waals surface area contributed by atoms with Gasteiger partial charge in [0.15, 0.2) is 0 Å². The van der Waals surface area contributed by atoms with Gasteiger partial charge in [-0.25, -0.2) is 9.48 Å². The first kappa shape index (κ1) is 22.2. The van der Waals surface area contributed by atoms with Gasteiger partial charge in [-0.15, -0.1) is 0 Å². The highest BCUT2D eigenvalue weighted by molar-refractivity contribution is 6.13. The number of imide groups is 1. The zero-order valence-electron chi connectivity index (χ0n) is 19.2. The van der Waals surface area contributed by atoms with Crippen molar-refractivity contribution in [1.82, 2.24) is 20.0 Å². The Morgan fingerprint density at radius 2 is 1.46 bits per heavy atom. The maximum atomic E-state index is 13.4. The van der Waals surface area contributed by atoms with Crippen molar-refractivity contribution in [2.75, 3.05) is 0 Å². The van der Waals surface area contributed by atoms with Gasteiger partial charge >= 0.3 is 6.03 Å². The van der Waals surface area contributed by atoms with Gasteiger partial charge in [0.1, 0.15) is 5.70 Å². The molecule has 1 saturated heterocycles. The third kappa shape index (κ3) is 4.56. The van der Waals surface area contributed by atoms with Crippen LogP contribution in [0.25, 0.3) is 11.8 Å². The molecule has 0 bridgehead atoms. The SMILES string of the molecule is Cc1ccc(CN2C(=O)N/C(=C\c3c(Cc4ccccc4)[nH]n(-c4ccccc4)c3=O)C2=O)cc1. The summed E-state index contributed by atoms with van der Waals surface area (Å²) in [5.41, 5.74) is 4.39. The van der Waals surface area contributed by atoms with Crippen LogP contribution in [-0.4, -0.2) is 26.6 Å². The molecule has 7 heteroatoms. The zero-order chi connectivity index (χ0) is 24.4. The lowest BCUT2D eigenvalue weighted by Gasteiger charge is -2.11. The number of aromatic amines is 1. The van der Waals surface area contributed by atoms with Crippen LogP contribution in [0.15, 0.2) is 95.4 Å². The summed E-state index contributed by atoms with van der Waals surface area (Å²) in [4.78, 5) is 40.3. The molecule has 0 unspecified atom stereocenters. The summed E-state index contributed by atoms with van der Waals surface area (Å²) in [6.45, 7) is 2.13. The van der Waals surface area contributed by atoms with E-state index in [9.17, 15) is 14.4 Å². The summed E-state index contributed by atoms with van der Waals surface area (Å²) in [6, 6.07) is 26.1. The fourth-order valence-corrected chi connectivity index (χ4v) is 4.07. The molecule has 0 atom stereocenters. The number of aryl methyl sites for hydroxylation is 1. The normalized spacial score (nSPS) is 14.5. The average molecular weight is 465 g/mol. The van der Waals surface area contributed by atoms with Crippen molar-refractivity contribution in [2.45, 2.75) is 19.9 Å². The van der Waals surface area contributed by atoms with Crippen molar-refractivity contribution in [2.24, 2.45) is 0 Å². The van der Waals surface area contributed by atoms with E-state index in [1.54, 1.807) is 0 Å². The van der Waals surface area contributed by atoms with Crippen molar-refractivity contribution in [3.8, 4) is 5.69 Å². The molecule has 2 N–H and O–H groups in total. The maximum absolute atomic E-state index is 13.4. The molecule has 4 aromatic rings. The van der Waals surface area contributed by atoms with Crippen LogP contribution in [0, 0.1) is 6.92 Å². The quantitative estimate of drug-likeness (QED) is 0.332. The molecule has 35 heavy (non-hydrogen) atoms. The first-order valence-electron chi connectivity index (χ1n) is 11.3. The van der Waals surface area contributed by atoms with Crippen molar-refractivity contribution in [1.29, 1.82) is 0 Å². The molecule has 1 aliphatic rings. The number of H-pyrrole nitrogens is 1. The van der Waals surface area contributed by atoms with Crippen LogP contribution in [0.1, 0.15) is 27.9 Å². The number of para-hydroxylation sites is 1. The van der Waals surface area contributed by atoms with Crippen molar-refractivity contribution in [3.63, 3.8) is 0 Å². The second-order valence-corrected chi connectivity index (χ2v) is 8.51. The predicted molar refractivity (Wildman–Crippen MR) is 134 cm³/mol. The minimum absolute atomic E-state index is 0.0766. The number of carbonyl (C=O) groups is 2. The molecule has 5 rings (SSSR count). The Morgan fingerprint density at radius 3 is 2.14 bits per heavy atom. The van der Waals surface area contributed by atoms with Gasteiger partial charge in [-0.3, -0.25) is 19.6 Å². The molecule has 174 valence electrons. The summed E-state index contributed by atoms with van der Waals surface area (Å²) < 4.78 is 1.45. The topological polar surface area (TPSA) is 87.2 Å². The molecule has 0 aliphatic carbocycles. The third-order valence-corrected chi connectivity index (χ3v) is 5.96. The zero-order valence-corrected chi connectivity index (χ0v) is 19.2. The van der Waals surface area contributed by atoms with Gasteiger partial charge in [0, 0.05) is 12.1 Å². The van der Waals surface area contributed by atoms with Crippen LogP contribution in [0.4, 0.5) is 4.79 Å². The Bertz CT molecular complexity index is 1470. The van der Waals surface area contributed by atoms with Gasteiger partial charge in [0.2, 0.25) is 0 Å². The second-order valence-electron chi connectivity index (χ2n) is 8.51. The summed E-state index contributed by atoms with van der Waals surface area (Å²) >= 11 is 0. The number of urea groups is 1. The number of hydrogen-bond acceptors (Lipinski definition) is 3. The van der Waals surface area contributed by atoms with E-state index in [1.165, 1.54) is 10.8 Å².